The molecular formula is C15H18N2O3. The fourth-order valence-corrected chi connectivity index (χ4v) is 2.94. The zero-order valence-corrected chi connectivity index (χ0v) is 11.3. The van der Waals surface area contributed by atoms with Crippen LogP contribution in [-0.4, -0.2) is 18.9 Å². The fraction of sp³-hybridized carbons (Fsp3) is 0.533. The van der Waals surface area contributed by atoms with Gasteiger partial charge < -0.3 is 19.9 Å². The standard InChI is InChI=1S/C15H18N2O3/c16-9-15(17)6-1-2-11(15)5-7-18-12-3-4-13-14(8-12)20-10-19-13/h3-4,8,11H,1-2,5-7,10,17H2. The molecule has 0 amide bonds. The van der Waals surface area contributed by atoms with Crippen LogP contribution < -0.4 is 19.9 Å². The Labute approximate surface area is 118 Å². The van der Waals surface area contributed by atoms with Gasteiger partial charge in [-0.1, -0.05) is 6.42 Å². The van der Waals surface area contributed by atoms with Gasteiger partial charge in [-0.2, -0.15) is 5.26 Å². The van der Waals surface area contributed by atoms with Gasteiger partial charge in [0.1, 0.15) is 11.3 Å². The molecule has 1 heterocycles. The van der Waals surface area contributed by atoms with Gasteiger partial charge in [-0.25, -0.2) is 0 Å². The number of nitriles is 1. The minimum absolute atomic E-state index is 0.224. The number of rotatable bonds is 4. The van der Waals surface area contributed by atoms with Gasteiger partial charge in [-0.3, -0.25) is 0 Å². The Morgan fingerprint density at radius 1 is 1.40 bits per heavy atom. The van der Waals surface area contributed by atoms with Crippen LogP contribution >= 0.6 is 0 Å². The summed E-state index contributed by atoms with van der Waals surface area (Å²) in [5.41, 5.74) is 5.43. The molecule has 1 saturated carbocycles. The van der Waals surface area contributed by atoms with E-state index in [1.54, 1.807) is 0 Å². The maximum atomic E-state index is 9.17. The molecule has 1 fully saturated rings. The molecule has 1 aromatic carbocycles. The van der Waals surface area contributed by atoms with Crippen molar-refractivity contribution in [2.45, 2.75) is 31.2 Å². The minimum Gasteiger partial charge on any atom is -0.493 e. The van der Waals surface area contributed by atoms with Crippen LogP contribution in [0.4, 0.5) is 0 Å². The van der Waals surface area contributed by atoms with Crippen molar-refractivity contribution < 1.29 is 14.2 Å². The smallest absolute Gasteiger partial charge is 0.231 e. The number of benzene rings is 1. The van der Waals surface area contributed by atoms with Crippen molar-refractivity contribution >= 4 is 0 Å². The van der Waals surface area contributed by atoms with E-state index in [0.29, 0.717) is 12.4 Å². The molecule has 2 unspecified atom stereocenters. The maximum absolute atomic E-state index is 9.17. The highest BCUT2D eigenvalue weighted by Crippen LogP contribution is 2.37. The van der Waals surface area contributed by atoms with Crippen molar-refractivity contribution in [2.75, 3.05) is 13.4 Å². The third-order valence-corrected chi connectivity index (χ3v) is 4.16. The molecule has 106 valence electrons. The average Bonchev–Trinajstić information content (AvgIpc) is 3.06. The number of hydrogen-bond donors (Lipinski definition) is 1. The molecule has 2 N–H and O–H groups in total. The van der Waals surface area contributed by atoms with Crippen LogP contribution in [0, 0.1) is 17.2 Å². The van der Waals surface area contributed by atoms with Gasteiger partial charge in [0.15, 0.2) is 11.5 Å². The Balaban J connectivity index is 1.54. The topological polar surface area (TPSA) is 77.5 Å². The van der Waals surface area contributed by atoms with Crippen LogP contribution in [0.15, 0.2) is 18.2 Å². The summed E-state index contributed by atoms with van der Waals surface area (Å²) in [4.78, 5) is 0. The van der Waals surface area contributed by atoms with Crippen LogP contribution in [0.2, 0.25) is 0 Å². The molecule has 0 saturated heterocycles. The van der Waals surface area contributed by atoms with E-state index in [1.165, 1.54) is 0 Å². The second-order valence-corrected chi connectivity index (χ2v) is 5.39. The van der Waals surface area contributed by atoms with Crippen molar-refractivity contribution in [2.24, 2.45) is 11.7 Å². The lowest BCUT2D eigenvalue weighted by molar-refractivity contribution is 0.173. The SMILES string of the molecule is N#CC1(N)CCCC1CCOc1ccc2c(c1)OCO2. The van der Waals surface area contributed by atoms with E-state index in [2.05, 4.69) is 6.07 Å². The highest BCUT2D eigenvalue weighted by molar-refractivity contribution is 5.46. The summed E-state index contributed by atoms with van der Waals surface area (Å²) in [6.45, 7) is 0.823. The molecule has 0 radical (unpaired) electrons. The van der Waals surface area contributed by atoms with E-state index in [1.807, 2.05) is 18.2 Å². The summed E-state index contributed by atoms with van der Waals surface area (Å²) >= 11 is 0. The Morgan fingerprint density at radius 2 is 2.25 bits per heavy atom. The van der Waals surface area contributed by atoms with E-state index in [9.17, 15) is 5.26 Å². The summed E-state index contributed by atoms with van der Waals surface area (Å²) < 4.78 is 16.3. The van der Waals surface area contributed by atoms with Crippen LogP contribution in [0.1, 0.15) is 25.7 Å². The first-order valence-electron chi connectivity index (χ1n) is 6.94. The van der Waals surface area contributed by atoms with E-state index in [0.717, 1.165) is 37.2 Å². The maximum Gasteiger partial charge on any atom is 0.231 e. The third-order valence-electron chi connectivity index (χ3n) is 4.16. The quantitative estimate of drug-likeness (QED) is 0.910. The summed E-state index contributed by atoms with van der Waals surface area (Å²) in [6, 6.07) is 7.80. The van der Waals surface area contributed by atoms with Gasteiger partial charge >= 0.3 is 0 Å². The van der Waals surface area contributed by atoms with Gasteiger partial charge in [-0.05, 0) is 37.3 Å². The molecule has 0 bridgehead atoms. The first kappa shape index (κ1) is 13.1. The molecule has 0 spiro atoms. The fourth-order valence-electron chi connectivity index (χ4n) is 2.94. The van der Waals surface area contributed by atoms with Crippen LogP contribution in [0.25, 0.3) is 0 Å². The van der Waals surface area contributed by atoms with Gasteiger partial charge in [0.25, 0.3) is 0 Å². The molecule has 2 atom stereocenters. The average molecular weight is 274 g/mol. The number of nitrogens with two attached hydrogens (primary N) is 1. The Bertz CT molecular complexity index is 540. The normalized spacial score (nSPS) is 27.3. The summed E-state index contributed by atoms with van der Waals surface area (Å²) in [7, 11) is 0. The number of fused-ring (bicyclic) bond motifs is 1. The molecule has 5 nitrogen and oxygen atoms in total. The highest BCUT2D eigenvalue weighted by Gasteiger charge is 2.39. The predicted molar refractivity (Wildman–Crippen MR) is 72.5 cm³/mol. The molecular weight excluding hydrogens is 256 g/mol. The van der Waals surface area contributed by atoms with Gasteiger partial charge in [0, 0.05) is 6.07 Å². The Hall–Kier alpha value is -1.93. The molecule has 2 aliphatic rings. The molecule has 1 aliphatic heterocycles. The van der Waals surface area contributed by atoms with Crippen LogP contribution in [0.3, 0.4) is 0 Å². The third kappa shape index (κ3) is 2.39. The van der Waals surface area contributed by atoms with E-state index in [-0.39, 0.29) is 12.7 Å². The number of nitrogens with zero attached hydrogens (tertiary/aromatic N) is 1. The van der Waals surface area contributed by atoms with Crippen molar-refractivity contribution in [1.82, 2.24) is 0 Å². The van der Waals surface area contributed by atoms with Crippen molar-refractivity contribution in [3.8, 4) is 23.3 Å². The van der Waals surface area contributed by atoms with Crippen molar-refractivity contribution in [3.63, 3.8) is 0 Å². The van der Waals surface area contributed by atoms with Crippen LogP contribution in [-0.2, 0) is 0 Å². The van der Waals surface area contributed by atoms with Gasteiger partial charge in [0.05, 0.1) is 12.7 Å². The molecule has 1 aromatic rings. The molecule has 3 rings (SSSR count). The first-order valence-corrected chi connectivity index (χ1v) is 6.94. The number of ether oxygens (including phenoxy) is 3. The lowest BCUT2D eigenvalue weighted by Gasteiger charge is -2.23. The van der Waals surface area contributed by atoms with Crippen molar-refractivity contribution in [1.29, 1.82) is 5.26 Å². The van der Waals surface area contributed by atoms with Crippen molar-refractivity contribution in [3.05, 3.63) is 18.2 Å². The van der Waals surface area contributed by atoms with Crippen LogP contribution in [0.5, 0.6) is 17.2 Å². The minimum atomic E-state index is -0.668. The Kier molecular flexibility index (Phi) is 3.41. The lowest BCUT2D eigenvalue weighted by atomic mass is 9.87. The highest BCUT2D eigenvalue weighted by atomic mass is 16.7. The lowest BCUT2D eigenvalue weighted by Crippen LogP contribution is -2.42. The van der Waals surface area contributed by atoms with E-state index in [4.69, 9.17) is 19.9 Å². The largest absolute Gasteiger partial charge is 0.493 e. The molecule has 5 heteroatoms. The second kappa shape index (κ2) is 5.22. The van der Waals surface area contributed by atoms with Gasteiger partial charge in [0.2, 0.25) is 6.79 Å². The summed E-state index contributed by atoms with van der Waals surface area (Å²) in [6.07, 6.45) is 3.63. The Morgan fingerprint density at radius 3 is 3.10 bits per heavy atom. The van der Waals surface area contributed by atoms with E-state index >= 15 is 0 Å². The predicted octanol–water partition coefficient (Wildman–Crippen LogP) is 2.21. The first-order chi connectivity index (χ1) is 9.71. The second-order valence-electron chi connectivity index (χ2n) is 5.39. The summed E-state index contributed by atoms with van der Waals surface area (Å²) in [5.74, 6) is 2.44. The molecule has 0 aromatic heterocycles. The molecule has 20 heavy (non-hydrogen) atoms. The molecule has 1 aliphatic carbocycles. The zero-order valence-electron chi connectivity index (χ0n) is 11.3. The number of hydrogen-bond acceptors (Lipinski definition) is 5. The zero-order chi connectivity index (χ0) is 14.0. The van der Waals surface area contributed by atoms with E-state index < -0.39 is 5.54 Å². The van der Waals surface area contributed by atoms with Gasteiger partial charge in [-0.15, -0.1) is 0 Å². The monoisotopic (exact) mass is 274 g/mol. The summed E-state index contributed by atoms with van der Waals surface area (Å²) in [5, 5.41) is 9.17.